The minimum absolute atomic E-state index is 0.0966. The van der Waals surface area contributed by atoms with E-state index in [2.05, 4.69) is 0 Å². The molecule has 0 fully saturated rings. The Labute approximate surface area is 153 Å². The van der Waals surface area contributed by atoms with Gasteiger partial charge < -0.3 is 4.42 Å². The molecule has 0 saturated heterocycles. The summed E-state index contributed by atoms with van der Waals surface area (Å²) in [4.78, 5) is 24.8. The van der Waals surface area contributed by atoms with Gasteiger partial charge in [0.15, 0.2) is 11.6 Å². The molecule has 0 amide bonds. The molecule has 0 spiro atoms. The van der Waals surface area contributed by atoms with Crippen molar-refractivity contribution in [2.24, 2.45) is 0 Å². The van der Waals surface area contributed by atoms with E-state index in [1.807, 2.05) is 0 Å². The number of benzene rings is 2. The highest BCUT2D eigenvalue weighted by Gasteiger charge is 2.32. The smallest absolute Gasteiger partial charge is 0.197 e. The van der Waals surface area contributed by atoms with Gasteiger partial charge in [-0.1, -0.05) is 53.5 Å². The maximum Gasteiger partial charge on any atom is 0.197 e. The van der Waals surface area contributed by atoms with Crippen LogP contribution in [0.4, 0.5) is 0 Å². The second kappa shape index (κ2) is 6.03. The summed E-state index contributed by atoms with van der Waals surface area (Å²) in [7, 11) is 0. The Morgan fingerprint density at radius 3 is 2.08 bits per heavy atom. The molecule has 3 nitrogen and oxygen atoms in total. The first-order valence-corrected chi connectivity index (χ1v) is 8.26. The standard InChI is InChI=1S/C20H10Cl2O3/c21-16-7-3-6-14(18(16)22)17-9-8-11(25-17)10-15-19(23)12-4-1-2-5-13(12)20(15)24/h1-10H. The highest BCUT2D eigenvalue weighted by atomic mass is 35.5. The van der Waals surface area contributed by atoms with Crippen LogP contribution in [0.15, 0.2) is 64.6 Å². The maximum atomic E-state index is 12.4. The van der Waals surface area contributed by atoms with Crippen LogP contribution in [0.5, 0.6) is 0 Å². The van der Waals surface area contributed by atoms with E-state index in [1.54, 1.807) is 54.6 Å². The van der Waals surface area contributed by atoms with Crippen molar-refractivity contribution in [3.8, 4) is 11.3 Å². The molecular formula is C20H10Cl2O3. The van der Waals surface area contributed by atoms with E-state index in [4.69, 9.17) is 27.6 Å². The number of hydrogen-bond acceptors (Lipinski definition) is 3. The molecule has 3 aromatic rings. The Bertz CT molecular complexity index is 1020. The van der Waals surface area contributed by atoms with E-state index in [9.17, 15) is 9.59 Å². The van der Waals surface area contributed by atoms with Crippen molar-refractivity contribution in [1.29, 1.82) is 0 Å². The second-order valence-electron chi connectivity index (χ2n) is 5.57. The summed E-state index contributed by atoms with van der Waals surface area (Å²) in [5, 5.41) is 0.810. The van der Waals surface area contributed by atoms with Crippen LogP contribution in [0.3, 0.4) is 0 Å². The molecule has 0 aliphatic heterocycles. The normalized spacial score (nSPS) is 13.3. The van der Waals surface area contributed by atoms with Gasteiger partial charge in [-0.25, -0.2) is 0 Å². The van der Waals surface area contributed by atoms with E-state index in [0.717, 1.165) is 0 Å². The van der Waals surface area contributed by atoms with Gasteiger partial charge in [-0.15, -0.1) is 0 Å². The average molecular weight is 369 g/mol. The van der Waals surface area contributed by atoms with Crippen molar-refractivity contribution in [2.45, 2.75) is 0 Å². The van der Waals surface area contributed by atoms with Crippen molar-refractivity contribution in [3.05, 3.63) is 87.1 Å². The SMILES string of the molecule is O=C1C(=Cc2ccc(-c3cccc(Cl)c3Cl)o2)C(=O)c2ccccc21. The Morgan fingerprint density at radius 2 is 1.40 bits per heavy atom. The lowest BCUT2D eigenvalue weighted by Gasteiger charge is -2.02. The van der Waals surface area contributed by atoms with Gasteiger partial charge in [0.1, 0.15) is 11.5 Å². The highest BCUT2D eigenvalue weighted by Crippen LogP contribution is 2.35. The number of ketones is 2. The zero-order valence-electron chi connectivity index (χ0n) is 12.8. The third-order valence-electron chi connectivity index (χ3n) is 4.04. The quantitative estimate of drug-likeness (QED) is 0.429. The molecule has 0 radical (unpaired) electrons. The Kier molecular flexibility index (Phi) is 3.83. The predicted octanol–water partition coefficient (Wildman–Crippen LogP) is 5.72. The molecule has 122 valence electrons. The van der Waals surface area contributed by atoms with Crippen molar-refractivity contribution in [3.63, 3.8) is 0 Å². The summed E-state index contributed by atoms with van der Waals surface area (Å²) in [5.74, 6) is 0.323. The monoisotopic (exact) mass is 368 g/mol. The second-order valence-corrected chi connectivity index (χ2v) is 6.35. The number of rotatable bonds is 2. The summed E-state index contributed by atoms with van der Waals surface area (Å²) < 4.78 is 5.74. The fourth-order valence-electron chi connectivity index (χ4n) is 2.82. The fraction of sp³-hybridized carbons (Fsp3) is 0. The first-order valence-electron chi connectivity index (χ1n) is 7.50. The molecule has 25 heavy (non-hydrogen) atoms. The number of carbonyl (C=O) groups is 2. The highest BCUT2D eigenvalue weighted by molar-refractivity contribution is 6.43. The van der Waals surface area contributed by atoms with Crippen LogP contribution in [0.2, 0.25) is 10.0 Å². The lowest BCUT2D eigenvalue weighted by Crippen LogP contribution is -1.99. The third kappa shape index (κ3) is 2.62. The van der Waals surface area contributed by atoms with Gasteiger partial charge in [0.25, 0.3) is 0 Å². The van der Waals surface area contributed by atoms with Crippen LogP contribution in [0, 0.1) is 0 Å². The van der Waals surface area contributed by atoms with Crippen molar-refractivity contribution in [2.75, 3.05) is 0 Å². The topological polar surface area (TPSA) is 47.3 Å². The van der Waals surface area contributed by atoms with E-state index >= 15 is 0 Å². The number of furan rings is 1. The number of halogens is 2. The minimum Gasteiger partial charge on any atom is -0.457 e. The van der Waals surface area contributed by atoms with Gasteiger partial charge in [0, 0.05) is 16.7 Å². The predicted molar refractivity (Wildman–Crippen MR) is 97.2 cm³/mol. The number of allylic oxidation sites excluding steroid dienone is 1. The molecule has 1 heterocycles. The van der Waals surface area contributed by atoms with Crippen LogP contribution < -0.4 is 0 Å². The van der Waals surface area contributed by atoms with Crippen LogP contribution in [0.25, 0.3) is 17.4 Å². The zero-order valence-corrected chi connectivity index (χ0v) is 14.3. The molecule has 0 saturated carbocycles. The van der Waals surface area contributed by atoms with Crippen molar-refractivity contribution in [1.82, 2.24) is 0 Å². The van der Waals surface area contributed by atoms with Gasteiger partial charge >= 0.3 is 0 Å². The van der Waals surface area contributed by atoms with Crippen molar-refractivity contribution >= 4 is 40.8 Å². The first-order chi connectivity index (χ1) is 12.1. The van der Waals surface area contributed by atoms with Gasteiger partial charge in [-0.2, -0.15) is 0 Å². The molecule has 1 aliphatic rings. The summed E-state index contributed by atoms with van der Waals surface area (Å²) in [5.41, 5.74) is 1.58. The summed E-state index contributed by atoms with van der Waals surface area (Å²) in [6, 6.07) is 15.4. The lowest BCUT2D eigenvalue weighted by atomic mass is 10.1. The number of Topliss-reactive ketones (excluding diaryl/α,β-unsaturated/α-hetero) is 2. The number of fused-ring (bicyclic) bond motifs is 1. The molecular weight excluding hydrogens is 359 g/mol. The van der Waals surface area contributed by atoms with Crippen LogP contribution in [0.1, 0.15) is 26.5 Å². The van der Waals surface area contributed by atoms with E-state index in [-0.39, 0.29) is 17.1 Å². The minimum atomic E-state index is -0.292. The lowest BCUT2D eigenvalue weighted by molar-refractivity contribution is 0.0990. The molecule has 2 aromatic carbocycles. The zero-order chi connectivity index (χ0) is 17.6. The largest absolute Gasteiger partial charge is 0.457 e. The molecule has 0 N–H and O–H groups in total. The third-order valence-corrected chi connectivity index (χ3v) is 4.85. The maximum absolute atomic E-state index is 12.4. The first kappa shape index (κ1) is 15.9. The summed E-state index contributed by atoms with van der Waals surface area (Å²) >= 11 is 12.2. The van der Waals surface area contributed by atoms with Gasteiger partial charge in [0.05, 0.1) is 15.6 Å². The fourth-order valence-corrected chi connectivity index (χ4v) is 3.21. The van der Waals surface area contributed by atoms with E-state index < -0.39 is 0 Å². The summed E-state index contributed by atoms with van der Waals surface area (Å²) in [6.45, 7) is 0. The van der Waals surface area contributed by atoms with Gasteiger partial charge in [-0.05, 0) is 30.3 Å². The molecule has 1 aromatic heterocycles. The molecule has 0 atom stereocenters. The molecule has 5 heteroatoms. The Morgan fingerprint density at radius 1 is 0.760 bits per heavy atom. The Balaban J connectivity index is 1.73. The molecule has 0 unspecified atom stereocenters. The van der Waals surface area contributed by atoms with Gasteiger partial charge in [0.2, 0.25) is 0 Å². The van der Waals surface area contributed by atoms with Crippen LogP contribution in [-0.2, 0) is 0 Å². The Hall–Kier alpha value is -2.62. The van der Waals surface area contributed by atoms with Crippen LogP contribution in [-0.4, -0.2) is 11.6 Å². The number of carbonyl (C=O) groups excluding carboxylic acids is 2. The molecule has 0 bridgehead atoms. The molecule has 1 aliphatic carbocycles. The number of hydrogen-bond donors (Lipinski definition) is 0. The van der Waals surface area contributed by atoms with E-state index in [0.29, 0.717) is 38.3 Å². The van der Waals surface area contributed by atoms with Crippen molar-refractivity contribution < 1.29 is 14.0 Å². The summed E-state index contributed by atoms with van der Waals surface area (Å²) in [6.07, 6.45) is 1.46. The molecule has 4 rings (SSSR count). The van der Waals surface area contributed by atoms with Gasteiger partial charge in [-0.3, -0.25) is 9.59 Å². The van der Waals surface area contributed by atoms with E-state index in [1.165, 1.54) is 6.08 Å². The average Bonchev–Trinajstić information content (AvgIpc) is 3.17. The van der Waals surface area contributed by atoms with Crippen LogP contribution >= 0.6 is 23.2 Å².